The molecular formula is C15H33F3Si2. The summed E-state index contributed by atoms with van der Waals surface area (Å²) in [4.78, 5) is 0. The van der Waals surface area contributed by atoms with Crippen LogP contribution in [0.5, 0.6) is 0 Å². The van der Waals surface area contributed by atoms with Crippen molar-refractivity contribution in [3.05, 3.63) is 0 Å². The summed E-state index contributed by atoms with van der Waals surface area (Å²) in [6, 6.07) is 4.23. The Morgan fingerprint density at radius 2 is 1.50 bits per heavy atom. The smallest absolute Gasteiger partial charge is 0.238 e. The minimum Gasteiger partial charge on any atom is -0.252 e. The first-order valence-electron chi connectivity index (χ1n) is 8.54. The highest BCUT2D eigenvalue weighted by Gasteiger charge is 2.20. The van der Waals surface area contributed by atoms with Crippen LogP contribution in [0.1, 0.15) is 58.8 Å². The Hall–Kier alpha value is 0.224. The first kappa shape index (κ1) is 20.2. The zero-order valence-corrected chi connectivity index (χ0v) is 15.9. The van der Waals surface area contributed by atoms with Gasteiger partial charge in [-0.2, -0.15) is 0 Å². The van der Waals surface area contributed by atoms with Gasteiger partial charge in [0.05, 0.1) is 14.6 Å². The minimum atomic E-state index is -2.12. The number of alkyl halides is 3. The summed E-state index contributed by atoms with van der Waals surface area (Å²) in [7, 11) is -1.43. The molecule has 0 aliphatic heterocycles. The van der Waals surface area contributed by atoms with E-state index in [4.69, 9.17) is 0 Å². The number of hydrogen-bond acceptors (Lipinski definition) is 0. The van der Waals surface area contributed by atoms with Crippen LogP contribution in [0.15, 0.2) is 0 Å². The molecule has 0 aromatic rings. The quantitative estimate of drug-likeness (QED) is 0.306. The summed E-state index contributed by atoms with van der Waals surface area (Å²) < 4.78 is 38.0. The molecule has 0 rings (SSSR count). The molecule has 0 aromatic carbocycles. The second-order valence-corrected chi connectivity index (χ2v) is 11.5. The molecule has 0 aliphatic rings. The van der Waals surface area contributed by atoms with Gasteiger partial charge in [0.15, 0.2) is 0 Å². The van der Waals surface area contributed by atoms with E-state index < -0.39 is 21.0 Å². The molecule has 0 radical (unpaired) electrons. The predicted molar refractivity (Wildman–Crippen MR) is 89.5 cm³/mol. The molecule has 1 unspecified atom stereocenters. The lowest BCUT2D eigenvalue weighted by Crippen LogP contribution is -2.26. The van der Waals surface area contributed by atoms with Crippen LogP contribution in [0.4, 0.5) is 13.2 Å². The molecule has 5 heteroatoms. The summed E-state index contributed by atoms with van der Waals surface area (Å²) >= 11 is 0. The van der Waals surface area contributed by atoms with E-state index in [-0.39, 0.29) is 15.9 Å². The molecule has 0 bridgehead atoms. The van der Waals surface area contributed by atoms with Gasteiger partial charge in [0, 0.05) is 15.9 Å². The average molecular weight is 327 g/mol. The molecule has 0 N–H and O–H groups in total. The second kappa shape index (κ2) is 14.2. The Kier molecular flexibility index (Phi) is 14.3. The molecule has 0 fully saturated rings. The predicted octanol–water partition coefficient (Wildman–Crippen LogP) is 5.13. The van der Waals surface area contributed by atoms with Gasteiger partial charge in [-0.3, -0.25) is 4.39 Å². The fourth-order valence-corrected chi connectivity index (χ4v) is 7.69. The summed E-state index contributed by atoms with van der Waals surface area (Å²) in [6.07, 6.45) is 4.24. The molecule has 0 aromatic heterocycles. The summed E-state index contributed by atoms with van der Waals surface area (Å²) in [5.41, 5.74) is 0. The molecule has 20 heavy (non-hydrogen) atoms. The van der Waals surface area contributed by atoms with Gasteiger partial charge in [-0.1, -0.05) is 70.1 Å². The first-order valence-corrected chi connectivity index (χ1v) is 12.8. The molecular weight excluding hydrogens is 293 g/mol. The van der Waals surface area contributed by atoms with Crippen LogP contribution in [0, 0.1) is 0 Å². The third kappa shape index (κ3) is 12.0. The molecule has 0 amide bonds. The van der Waals surface area contributed by atoms with Crippen LogP contribution in [0.3, 0.4) is 0 Å². The standard InChI is InChI=1S/C15H33F3Si2/c1-3-12-20(13-4-2)15(18)8-6-5-7-10-19-11-9-14(16)17/h14-15,20H,3-13,19H2,1-2H3. The Balaban J connectivity index is 3.47. The average Bonchev–Trinajstić information content (AvgIpc) is 2.41. The highest BCUT2D eigenvalue weighted by molar-refractivity contribution is 6.60. The Morgan fingerprint density at radius 1 is 0.850 bits per heavy atom. The van der Waals surface area contributed by atoms with E-state index in [1.807, 2.05) is 0 Å². The molecule has 0 saturated heterocycles. The van der Waals surface area contributed by atoms with E-state index >= 15 is 0 Å². The number of unbranched alkanes of at least 4 members (excludes halogenated alkanes) is 2. The molecule has 0 nitrogen and oxygen atoms in total. The number of halogens is 3. The lowest BCUT2D eigenvalue weighted by Gasteiger charge is -2.18. The fourth-order valence-electron chi connectivity index (χ4n) is 2.83. The molecule has 0 saturated carbocycles. The van der Waals surface area contributed by atoms with Gasteiger partial charge in [-0.05, 0) is 6.42 Å². The van der Waals surface area contributed by atoms with Gasteiger partial charge < -0.3 is 0 Å². The summed E-state index contributed by atoms with van der Waals surface area (Å²) in [6.45, 7) is 4.32. The van der Waals surface area contributed by atoms with Crippen molar-refractivity contribution < 1.29 is 13.2 Å². The molecule has 0 spiro atoms. The van der Waals surface area contributed by atoms with Crippen molar-refractivity contribution in [2.45, 2.75) is 95.2 Å². The fraction of sp³-hybridized carbons (Fsp3) is 1.00. The van der Waals surface area contributed by atoms with E-state index in [9.17, 15) is 13.2 Å². The van der Waals surface area contributed by atoms with Crippen molar-refractivity contribution in [1.82, 2.24) is 0 Å². The Morgan fingerprint density at radius 3 is 2.05 bits per heavy atom. The molecule has 0 aliphatic carbocycles. The van der Waals surface area contributed by atoms with Crippen molar-refractivity contribution in [3.8, 4) is 0 Å². The normalized spacial score (nSPS) is 13.9. The van der Waals surface area contributed by atoms with Crippen molar-refractivity contribution in [3.63, 3.8) is 0 Å². The van der Waals surface area contributed by atoms with Crippen molar-refractivity contribution in [1.29, 1.82) is 0 Å². The van der Waals surface area contributed by atoms with E-state index in [1.165, 1.54) is 0 Å². The van der Waals surface area contributed by atoms with Crippen LogP contribution in [-0.2, 0) is 0 Å². The zero-order valence-electron chi connectivity index (χ0n) is 13.4. The topological polar surface area (TPSA) is 0 Å². The largest absolute Gasteiger partial charge is 0.252 e. The van der Waals surface area contributed by atoms with Crippen LogP contribution in [-0.4, -0.2) is 30.5 Å². The number of hydrogen-bond donors (Lipinski definition) is 0. The minimum absolute atomic E-state index is 0.0973. The number of rotatable bonds is 14. The maximum Gasteiger partial charge on any atom is 0.238 e. The highest BCUT2D eigenvalue weighted by atomic mass is 28.3. The van der Waals surface area contributed by atoms with Gasteiger partial charge in [0.2, 0.25) is 6.43 Å². The van der Waals surface area contributed by atoms with E-state index in [0.29, 0.717) is 0 Å². The Labute approximate surface area is 127 Å². The van der Waals surface area contributed by atoms with Crippen molar-refractivity contribution in [2.24, 2.45) is 0 Å². The zero-order chi connectivity index (χ0) is 15.2. The van der Waals surface area contributed by atoms with E-state index in [2.05, 4.69) is 13.8 Å². The first-order chi connectivity index (χ1) is 9.61. The molecule has 1 atom stereocenters. The lowest BCUT2D eigenvalue weighted by molar-refractivity contribution is 0.144. The van der Waals surface area contributed by atoms with Crippen LogP contribution >= 0.6 is 0 Å². The monoisotopic (exact) mass is 326 g/mol. The highest BCUT2D eigenvalue weighted by Crippen LogP contribution is 2.18. The summed E-state index contributed by atoms with van der Waals surface area (Å²) in [5, 5.41) is 0. The van der Waals surface area contributed by atoms with Crippen molar-refractivity contribution >= 4 is 18.3 Å². The maximum atomic E-state index is 14.1. The van der Waals surface area contributed by atoms with Gasteiger partial charge in [-0.15, -0.1) is 0 Å². The van der Waals surface area contributed by atoms with Crippen LogP contribution < -0.4 is 0 Å². The van der Waals surface area contributed by atoms with E-state index in [0.717, 1.165) is 62.7 Å². The van der Waals surface area contributed by atoms with Crippen molar-refractivity contribution in [2.75, 3.05) is 0 Å². The van der Waals surface area contributed by atoms with Crippen LogP contribution in [0.25, 0.3) is 0 Å². The van der Waals surface area contributed by atoms with Crippen LogP contribution in [0.2, 0.25) is 24.2 Å². The van der Waals surface area contributed by atoms with Gasteiger partial charge in [-0.25, -0.2) is 8.78 Å². The SMILES string of the molecule is CCC[SiH](CCC)C(F)CCCCC[SiH2]CCC(F)F. The van der Waals surface area contributed by atoms with Gasteiger partial charge in [0.25, 0.3) is 0 Å². The summed E-state index contributed by atoms with van der Waals surface area (Å²) in [5.74, 6) is -0.494. The second-order valence-electron chi connectivity index (χ2n) is 5.94. The third-order valence-electron chi connectivity index (χ3n) is 3.98. The third-order valence-corrected chi connectivity index (χ3v) is 9.89. The molecule has 122 valence electrons. The van der Waals surface area contributed by atoms with Gasteiger partial charge in [0.1, 0.15) is 0 Å². The Bertz CT molecular complexity index is 198. The van der Waals surface area contributed by atoms with Gasteiger partial charge >= 0.3 is 0 Å². The van der Waals surface area contributed by atoms with E-state index in [1.54, 1.807) is 0 Å². The lowest BCUT2D eigenvalue weighted by atomic mass is 10.2. The molecule has 0 heterocycles. The maximum absolute atomic E-state index is 14.1.